The van der Waals surface area contributed by atoms with Crippen LogP contribution in [0.25, 0.3) is 44.7 Å². The zero-order valence-corrected chi connectivity index (χ0v) is 22.0. The number of aromatic nitrogens is 4. The van der Waals surface area contributed by atoms with Crippen molar-refractivity contribution < 1.29 is 9.53 Å². The van der Waals surface area contributed by atoms with E-state index in [4.69, 9.17) is 10.5 Å². The SMILES string of the molecule is Cc1cccc(-c2[nH]cnc2-c2ccc3ncc(-c4csc(C(=O)OC[C@H]5CC[C@@H](N)CC5)c4)cc3c2)n1. The van der Waals surface area contributed by atoms with Gasteiger partial charge in [0.2, 0.25) is 0 Å². The average molecular weight is 524 g/mol. The number of H-pyrrole nitrogens is 1. The third-order valence-corrected chi connectivity index (χ3v) is 8.12. The summed E-state index contributed by atoms with van der Waals surface area (Å²) in [4.78, 5) is 30.4. The monoisotopic (exact) mass is 523 g/mol. The lowest BCUT2D eigenvalue weighted by Gasteiger charge is -2.25. The number of carbonyl (C=O) groups excluding carboxylic acids is 1. The predicted octanol–water partition coefficient (Wildman–Crippen LogP) is 6.40. The molecule has 0 aliphatic heterocycles. The molecule has 5 aromatic rings. The highest BCUT2D eigenvalue weighted by Gasteiger charge is 2.21. The first-order valence-corrected chi connectivity index (χ1v) is 13.8. The van der Waals surface area contributed by atoms with Crippen molar-refractivity contribution in [3.05, 3.63) is 77.0 Å². The van der Waals surface area contributed by atoms with E-state index < -0.39 is 0 Å². The second-order valence-electron chi connectivity index (χ2n) is 10.0. The predicted molar refractivity (Wildman–Crippen MR) is 151 cm³/mol. The molecular weight excluding hydrogens is 494 g/mol. The number of nitrogens with zero attached hydrogens (tertiary/aromatic N) is 3. The molecule has 0 radical (unpaired) electrons. The van der Waals surface area contributed by atoms with Gasteiger partial charge < -0.3 is 15.5 Å². The van der Waals surface area contributed by atoms with Crippen LogP contribution in [0, 0.1) is 12.8 Å². The number of carbonyl (C=O) groups is 1. The molecule has 1 aliphatic rings. The third-order valence-electron chi connectivity index (χ3n) is 7.21. The maximum atomic E-state index is 12.7. The minimum atomic E-state index is -0.261. The number of thiophene rings is 1. The number of esters is 1. The Labute approximate surface area is 225 Å². The van der Waals surface area contributed by atoms with E-state index in [2.05, 4.69) is 32.1 Å². The number of hydrogen-bond donors (Lipinski definition) is 2. The van der Waals surface area contributed by atoms with Crippen molar-refractivity contribution in [2.75, 3.05) is 6.61 Å². The van der Waals surface area contributed by atoms with Crippen LogP contribution in [0.1, 0.15) is 41.0 Å². The summed E-state index contributed by atoms with van der Waals surface area (Å²) in [5.74, 6) is 0.150. The lowest BCUT2D eigenvalue weighted by molar-refractivity contribution is 0.0412. The van der Waals surface area contributed by atoms with Crippen LogP contribution in [-0.2, 0) is 4.74 Å². The van der Waals surface area contributed by atoms with Crippen LogP contribution in [0.2, 0.25) is 0 Å². The molecule has 192 valence electrons. The highest BCUT2D eigenvalue weighted by atomic mass is 32.1. The molecule has 38 heavy (non-hydrogen) atoms. The Morgan fingerprint density at radius 3 is 2.74 bits per heavy atom. The van der Waals surface area contributed by atoms with Crippen molar-refractivity contribution in [1.29, 1.82) is 0 Å². The van der Waals surface area contributed by atoms with E-state index in [0.717, 1.165) is 76.1 Å². The van der Waals surface area contributed by atoms with Gasteiger partial charge in [0.1, 0.15) is 4.88 Å². The third kappa shape index (κ3) is 5.10. The molecular formula is C30H29N5O2S. The van der Waals surface area contributed by atoms with Crippen LogP contribution in [0.3, 0.4) is 0 Å². The molecule has 4 heterocycles. The van der Waals surface area contributed by atoms with E-state index in [1.54, 1.807) is 6.33 Å². The molecule has 1 aliphatic carbocycles. The molecule has 0 amide bonds. The molecule has 7 nitrogen and oxygen atoms in total. The smallest absolute Gasteiger partial charge is 0.348 e. The van der Waals surface area contributed by atoms with E-state index in [9.17, 15) is 4.79 Å². The van der Waals surface area contributed by atoms with Gasteiger partial charge in [-0.2, -0.15) is 0 Å². The number of ether oxygens (including phenoxy) is 1. The summed E-state index contributed by atoms with van der Waals surface area (Å²) in [6.07, 6.45) is 7.61. The summed E-state index contributed by atoms with van der Waals surface area (Å²) < 4.78 is 5.63. The van der Waals surface area contributed by atoms with Gasteiger partial charge in [-0.1, -0.05) is 12.1 Å². The standard InChI is InChI=1S/C30H29N5O2S/c1-18-3-2-4-26(35-18)29-28(33-17-34-29)20-7-10-25-21(11-20)12-22(14-32-25)23-13-27(38-16-23)30(36)37-15-19-5-8-24(31)9-6-19/h2-4,7,10-14,16-17,19,24H,5-6,8-9,15,31H2,1H3,(H,33,34)/t19-,24+. The number of pyridine rings is 2. The van der Waals surface area contributed by atoms with Gasteiger partial charge in [0.05, 0.1) is 35.5 Å². The molecule has 0 unspecified atom stereocenters. The molecule has 0 spiro atoms. The topological polar surface area (TPSA) is 107 Å². The second-order valence-corrected chi connectivity index (χ2v) is 10.9. The molecule has 8 heteroatoms. The number of rotatable bonds is 6. The molecule has 3 N–H and O–H groups in total. The van der Waals surface area contributed by atoms with Crippen LogP contribution in [-0.4, -0.2) is 38.6 Å². The van der Waals surface area contributed by atoms with Crippen molar-refractivity contribution >= 4 is 28.2 Å². The lowest BCUT2D eigenvalue weighted by Crippen LogP contribution is -2.28. The van der Waals surface area contributed by atoms with E-state index >= 15 is 0 Å². The highest BCUT2D eigenvalue weighted by molar-refractivity contribution is 7.12. The zero-order valence-electron chi connectivity index (χ0n) is 21.2. The first kappa shape index (κ1) is 24.5. The fraction of sp³-hybridized carbons (Fsp3) is 0.267. The average Bonchev–Trinajstić information content (AvgIpc) is 3.63. The van der Waals surface area contributed by atoms with E-state index in [1.807, 2.05) is 54.9 Å². The van der Waals surface area contributed by atoms with Gasteiger partial charge >= 0.3 is 5.97 Å². The molecule has 1 fully saturated rings. The summed E-state index contributed by atoms with van der Waals surface area (Å²) in [6, 6.07) is 16.4. The second kappa shape index (κ2) is 10.5. The number of aromatic amines is 1. The first-order valence-electron chi connectivity index (χ1n) is 12.9. The number of nitrogens with two attached hydrogens (primary N) is 1. The summed E-state index contributed by atoms with van der Waals surface area (Å²) in [5, 5.41) is 2.98. The minimum Gasteiger partial charge on any atom is -0.461 e. The number of hydrogen-bond acceptors (Lipinski definition) is 7. The molecule has 1 saturated carbocycles. The van der Waals surface area contributed by atoms with Crippen LogP contribution in [0.4, 0.5) is 0 Å². The Balaban J connectivity index is 1.22. The number of fused-ring (bicyclic) bond motifs is 1. The molecule has 1 aromatic carbocycles. The van der Waals surface area contributed by atoms with Gasteiger partial charge in [0.25, 0.3) is 0 Å². The normalized spacial score (nSPS) is 17.5. The fourth-order valence-corrected chi connectivity index (χ4v) is 5.85. The quantitative estimate of drug-likeness (QED) is 0.250. The van der Waals surface area contributed by atoms with Gasteiger partial charge in [-0.3, -0.25) is 9.97 Å². The molecule has 6 rings (SSSR count). The summed E-state index contributed by atoms with van der Waals surface area (Å²) in [7, 11) is 0. The molecule has 0 saturated heterocycles. The summed E-state index contributed by atoms with van der Waals surface area (Å²) in [6.45, 7) is 2.44. The Kier molecular flexibility index (Phi) is 6.74. The summed E-state index contributed by atoms with van der Waals surface area (Å²) in [5.41, 5.74) is 13.3. The van der Waals surface area contributed by atoms with E-state index in [-0.39, 0.29) is 5.97 Å². The van der Waals surface area contributed by atoms with E-state index in [1.165, 1.54) is 11.3 Å². The maximum Gasteiger partial charge on any atom is 0.348 e. The minimum absolute atomic E-state index is 0.261. The lowest BCUT2D eigenvalue weighted by atomic mass is 9.87. The largest absolute Gasteiger partial charge is 0.461 e. The van der Waals surface area contributed by atoms with Gasteiger partial charge in [-0.05, 0) is 85.9 Å². The van der Waals surface area contributed by atoms with Gasteiger partial charge in [0, 0.05) is 34.4 Å². The maximum absolute atomic E-state index is 12.7. The Hall–Kier alpha value is -3.88. The van der Waals surface area contributed by atoms with Crippen LogP contribution < -0.4 is 5.73 Å². The Morgan fingerprint density at radius 2 is 1.89 bits per heavy atom. The Bertz CT molecular complexity index is 1600. The van der Waals surface area contributed by atoms with Gasteiger partial charge in [-0.25, -0.2) is 9.78 Å². The fourth-order valence-electron chi connectivity index (χ4n) is 5.04. The molecule has 0 atom stereocenters. The first-order chi connectivity index (χ1) is 18.5. The van der Waals surface area contributed by atoms with Crippen molar-refractivity contribution in [1.82, 2.24) is 19.9 Å². The van der Waals surface area contributed by atoms with E-state index in [0.29, 0.717) is 23.4 Å². The summed E-state index contributed by atoms with van der Waals surface area (Å²) >= 11 is 1.40. The number of benzene rings is 1. The van der Waals surface area contributed by atoms with Crippen LogP contribution >= 0.6 is 11.3 Å². The Morgan fingerprint density at radius 1 is 1.05 bits per heavy atom. The molecule has 4 aromatic heterocycles. The van der Waals surface area contributed by atoms with Crippen molar-refractivity contribution in [3.63, 3.8) is 0 Å². The van der Waals surface area contributed by atoms with Crippen LogP contribution in [0.15, 0.2) is 66.4 Å². The van der Waals surface area contributed by atoms with Gasteiger partial charge in [-0.15, -0.1) is 11.3 Å². The number of nitrogens with one attached hydrogen (secondary N) is 1. The van der Waals surface area contributed by atoms with Gasteiger partial charge in [0.15, 0.2) is 0 Å². The molecule has 0 bridgehead atoms. The van der Waals surface area contributed by atoms with Crippen molar-refractivity contribution in [3.8, 4) is 33.8 Å². The van der Waals surface area contributed by atoms with Crippen molar-refractivity contribution in [2.45, 2.75) is 38.6 Å². The zero-order chi connectivity index (χ0) is 26.1. The number of aryl methyl sites for hydroxylation is 1. The number of imidazole rings is 1. The van der Waals surface area contributed by atoms with Crippen molar-refractivity contribution in [2.24, 2.45) is 11.7 Å². The van der Waals surface area contributed by atoms with Crippen LogP contribution in [0.5, 0.6) is 0 Å². The highest BCUT2D eigenvalue weighted by Crippen LogP contribution is 2.33.